The lowest BCUT2D eigenvalue weighted by molar-refractivity contribution is -0.113. The molecule has 3 heterocycles. The van der Waals surface area contributed by atoms with E-state index in [9.17, 15) is 9.90 Å². The fourth-order valence-electron chi connectivity index (χ4n) is 3.09. The highest BCUT2D eigenvalue weighted by atomic mass is 35.5. The number of carbonyl (C=O) groups excluding carboxylic acids is 1. The van der Waals surface area contributed by atoms with Crippen molar-refractivity contribution in [3.8, 4) is 17.2 Å². The molecule has 3 aromatic rings. The second-order valence-electron chi connectivity index (χ2n) is 6.30. The van der Waals surface area contributed by atoms with Crippen LogP contribution in [0.3, 0.4) is 0 Å². The van der Waals surface area contributed by atoms with Gasteiger partial charge in [0, 0.05) is 17.0 Å². The summed E-state index contributed by atoms with van der Waals surface area (Å²) in [5.41, 5.74) is 1.86. The number of pyridine rings is 1. The van der Waals surface area contributed by atoms with Crippen molar-refractivity contribution in [3.63, 3.8) is 0 Å². The second-order valence-corrected chi connectivity index (χ2v) is 8.33. The number of ether oxygens (including phenoxy) is 2. The molecular formula is C20H11ClN2O4S2. The van der Waals surface area contributed by atoms with E-state index in [0.717, 1.165) is 5.39 Å². The SMILES string of the molecule is O=C1/C(=C/c2cc3cc4c(cc3nc2Cl)OCO4)SC(=S)N1c1ccc(O)cc1. The zero-order valence-corrected chi connectivity index (χ0v) is 17.0. The first kappa shape index (κ1) is 18.2. The molecule has 2 aliphatic rings. The van der Waals surface area contributed by atoms with Crippen molar-refractivity contribution >= 4 is 68.5 Å². The monoisotopic (exact) mass is 442 g/mol. The molecule has 0 saturated carbocycles. The van der Waals surface area contributed by atoms with Gasteiger partial charge in [-0.25, -0.2) is 4.98 Å². The van der Waals surface area contributed by atoms with Crippen LogP contribution in [0.25, 0.3) is 17.0 Å². The number of thiocarbonyl (C=S) groups is 1. The largest absolute Gasteiger partial charge is 0.508 e. The van der Waals surface area contributed by atoms with Crippen LogP contribution in [-0.2, 0) is 4.79 Å². The van der Waals surface area contributed by atoms with Crippen molar-refractivity contribution in [1.29, 1.82) is 0 Å². The number of amides is 1. The van der Waals surface area contributed by atoms with E-state index in [1.54, 1.807) is 24.3 Å². The first-order chi connectivity index (χ1) is 14.0. The Labute approximate surface area is 179 Å². The average molecular weight is 443 g/mol. The number of benzene rings is 2. The topological polar surface area (TPSA) is 71.9 Å². The van der Waals surface area contributed by atoms with Gasteiger partial charge in [-0.3, -0.25) is 9.69 Å². The van der Waals surface area contributed by atoms with Crippen LogP contribution in [0.15, 0.2) is 47.4 Å². The van der Waals surface area contributed by atoms with E-state index in [0.29, 0.717) is 37.5 Å². The Bertz CT molecular complexity index is 1230. The molecule has 1 saturated heterocycles. The van der Waals surface area contributed by atoms with Crippen molar-refractivity contribution in [3.05, 3.63) is 58.1 Å². The van der Waals surface area contributed by atoms with E-state index in [1.807, 2.05) is 12.1 Å². The maximum Gasteiger partial charge on any atom is 0.270 e. The maximum absolute atomic E-state index is 12.9. The molecule has 0 aliphatic carbocycles. The molecule has 144 valence electrons. The normalized spacial score (nSPS) is 17.0. The fraction of sp³-hybridized carbons (Fsp3) is 0.0500. The van der Waals surface area contributed by atoms with Gasteiger partial charge in [0.25, 0.3) is 5.91 Å². The first-order valence-corrected chi connectivity index (χ1v) is 10.1. The summed E-state index contributed by atoms with van der Waals surface area (Å²) in [6.07, 6.45) is 1.68. The molecule has 6 nitrogen and oxygen atoms in total. The van der Waals surface area contributed by atoms with Crippen LogP contribution in [0.1, 0.15) is 5.56 Å². The average Bonchev–Trinajstić information content (AvgIpc) is 3.25. The number of anilines is 1. The number of aromatic hydroxyl groups is 1. The van der Waals surface area contributed by atoms with Crippen LogP contribution in [0.5, 0.6) is 17.2 Å². The molecule has 0 bridgehead atoms. The molecule has 1 fully saturated rings. The summed E-state index contributed by atoms with van der Waals surface area (Å²) in [5.74, 6) is 1.13. The van der Waals surface area contributed by atoms with Gasteiger partial charge in [0.05, 0.1) is 16.1 Å². The predicted molar refractivity (Wildman–Crippen MR) is 117 cm³/mol. The maximum atomic E-state index is 12.9. The minimum absolute atomic E-state index is 0.115. The van der Waals surface area contributed by atoms with Gasteiger partial charge in [0.1, 0.15) is 10.9 Å². The Balaban J connectivity index is 1.53. The van der Waals surface area contributed by atoms with Crippen LogP contribution < -0.4 is 14.4 Å². The number of hydrogen-bond donors (Lipinski definition) is 1. The van der Waals surface area contributed by atoms with Gasteiger partial charge < -0.3 is 14.6 Å². The Morgan fingerprint density at radius 3 is 2.66 bits per heavy atom. The van der Waals surface area contributed by atoms with Crippen LogP contribution in [0.2, 0.25) is 5.15 Å². The van der Waals surface area contributed by atoms with E-state index in [1.165, 1.54) is 28.8 Å². The van der Waals surface area contributed by atoms with Gasteiger partial charge >= 0.3 is 0 Å². The molecule has 2 aliphatic heterocycles. The highest BCUT2D eigenvalue weighted by Gasteiger charge is 2.33. The third-order valence-electron chi connectivity index (χ3n) is 4.48. The predicted octanol–water partition coefficient (Wildman–Crippen LogP) is 4.73. The van der Waals surface area contributed by atoms with E-state index in [2.05, 4.69) is 4.98 Å². The lowest BCUT2D eigenvalue weighted by Crippen LogP contribution is -2.27. The van der Waals surface area contributed by atoms with Crippen LogP contribution in [-0.4, -0.2) is 27.1 Å². The van der Waals surface area contributed by atoms with E-state index < -0.39 is 0 Å². The molecule has 0 unspecified atom stereocenters. The molecular weight excluding hydrogens is 432 g/mol. The highest BCUT2D eigenvalue weighted by molar-refractivity contribution is 8.27. The van der Waals surface area contributed by atoms with E-state index >= 15 is 0 Å². The number of rotatable bonds is 2. The fourth-order valence-corrected chi connectivity index (χ4v) is 4.58. The number of phenolic OH excluding ortho intramolecular Hbond substituents is 1. The van der Waals surface area contributed by atoms with Gasteiger partial charge in [-0.1, -0.05) is 35.6 Å². The highest BCUT2D eigenvalue weighted by Crippen LogP contribution is 2.39. The second kappa shape index (κ2) is 6.91. The zero-order valence-electron chi connectivity index (χ0n) is 14.6. The third kappa shape index (κ3) is 3.19. The van der Waals surface area contributed by atoms with Gasteiger partial charge in [0.2, 0.25) is 6.79 Å². The molecule has 9 heteroatoms. The molecule has 1 amide bonds. The summed E-state index contributed by atoms with van der Waals surface area (Å²) in [6.45, 7) is 0.173. The van der Waals surface area contributed by atoms with Crippen LogP contribution >= 0.6 is 35.6 Å². The quantitative estimate of drug-likeness (QED) is 0.349. The first-order valence-electron chi connectivity index (χ1n) is 8.46. The van der Waals surface area contributed by atoms with Crippen molar-refractivity contribution in [2.24, 2.45) is 0 Å². The lowest BCUT2D eigenvalue weighted by Gasteiger charge is -2.14. The van der Waals surface area contributed by atoms with E-state index in [-0.39, 0.29) is 23.6 Å². The summed E-state index contributed by atoms with van der Waals surface area (Å²) >= 11 is 12.9. The van der Waals surface area contributed by atoms with Crippen LogP contribution in [0.4, 0.5) is 5.69 Å². The summed E-state index contributed by atoms with van der Waals surface area (Å²) in [5, 5.41) is 10.6. The van der Waals surface area contributed by atoms with Gasteiger partial charge in [-0.2, -0.15) is 0 Å². The molecule has 0 spiro atoms. The Morgan fingerprint density at radius 1 is 1.17 bits per heavy atom. The number of halogens is 1. The number of fused-ring (bicyclic) bond motifs is 2. The summed E-state index contributed by atoms with van der Waals surface area (Å²) < 4.78 is 11.2. The number of phenols is 1. The van der Waals surface area contributed by atoms with Crippen molar-refractivity contribution < 1.29 is 19.4 Å². The standard InChI is InChI=1S/C20H11ClN2O4S2/c21-18-11(5-10-6-15-16(27-9-26-15)8-14(10)22-18)7-17-19(25)23(20(28)29-17)12-1-3-13(24)4-2-12/h1-8,24H,9H2/b17-7-. The summed E-state index contributed by atoms with van der Waals surface area (Å²) in [6, 6.07) is 11.7. The molecule has 2 aromatic carbocycles. The number of aromatic nitrogens is 1. The number of nitrogens with zero attached hydrogens (tertiary/aromatic N) is 2. The van der Waals surface area contributed by atoms with Gasteiger partial charge in [0.15, 0.2) is 15.8 Å². The molecule has 0 radical (unpaired) electrons. The number of carbonyl (C=O) groups is 1. The molecule has 29 heavy (non-hydrogen) atoms. The van der Waals surface area contributed by atoms with Crippen molar-refractivity contribution in [1.82, 2.24) is 4.98 Å². The summed E-state index contributed by atoms with van der Waals surface area (Å²) in [7, 11) is 0. The third-order valence-corrected chi connectivity index (χ3v) is 6.08. The molecule has 0 atom stereocenters. The molecule has 5 rings (SSSR count). The lowest BCUT2D eigenvalue weighted by atomic mass is 10.1. The smallest absolute Gasteiger partial charge is 0.270 e. The van der Waals surface area contributed by atoms with Gasteiger partial charge in [-0.15, -0.1) is 0 Å². The van der Waals surface area contributed by atoms with Crippen LogP contribution in [0, 0.1) is 0 Å². The number of hydrogen-bond acceptors (Lipinski definition) is 7. The minimum Gasteiger partial charge on any atom is -0.508 e. The summed E-state index contributed by atoms with van der Waals surface area (Å²) in [4.78, 5) is 19.2. The minimum atomic E-state index is -0.257. The van der Waals surface area contributed by atoms with Crippen molar-refractivity contribution in [2.45, 2.75) is 0 Å². The molecule has 1 aromatic heterocycles. The van der Waals surface area contributed by atoms with Gasteiger partial charge in [-0.05, 0) is 42.5 Å². The zero-order chi connectivity index (χ0) is 20.1. The molecule has 1 N–H and O–H groups in total. The number of thioether (sulfide) groups is 1. The Morgan fingerprint density at radius 2 is 1.90 bits per heavy atom. The Kier molecular flexibility index (Phi) is 4.34. The van der Waals surface area contributed by atoms with Crippen molar-refractivity contribution in [2.75, 3.05) is 11.7 Å². The Hall–Kier alpha value is -2.81. The van der Waals surface area contributed by atoms with E-state index in [4.69, 9.17) is 33.3 Å².